The van der Waals surface area contributed by atoms with Crippen molar-refractivity contribution in [3.05, 3.63) is 12.2 Å². The van der Waals surface area contributed by atoms with E-state index in [1.54, 1.807) is 0 Å². The third-order valence-corrected chi connectivity index (χ3v) is 9.13. The molecule has 0 aromatic heterocycles. The molecule has 0 rings (SSSR count). The molecule has 0 saturated carbocycles. The van der Waals surface area contributed by atoms with Crippen molar-refractivity contribution in [1.82, 2.24) is 15.1 Å². The van der Waals surface area contributed by atoms with Gasteiger partial charge in [-0.2, -0.15) is 0 Å². The van der Waals surface area contributed by atoms with Crippen LogP contribution in [0, 0.1) is 0 Å². The Balaban J connectivity index is 4.49. The van der Waals surface area contributed by atoms with Gasteiger partial charge in [0.25, 0.3) is 0 Å². The van der Waals surface area contributed by atoms with Gasteiger partial charge in [0, 0.05) is 38.1 Å². The average Bonchev–Trinajstić information content (AvgIpc) is 3.12. The van der Waals surface area contributed by atoms with Gasteiger partial charge in [-0.15, -0.1) is 0 Å². The van der Waals surface area contributed by atoms with Gasteiger partial charge in [-0.25, -0.2) is 0 Å². The highest BCUT2D eigenvalue weighted by atomic mass is 16.5. The number of likely N-dealkylation sites (N-methyl/N-ethyl adjacent to an activating group) is 1. The minimum Gasteiger partial charge on any atom is -0.464 e. The monoisotopic (exact) mass is 738 g/mol. The number of nitrogens with zero attached hydrogens (tertiary/aromatic N) is 2. The topological polar surface area (TPSA) is 114 Å². The number of rotatable bonds is 38. The highest BCUT2D eigenvalue weighted by molar-refractivity contribution is 5.96. The quantitative estimate of drug-likeness (QED) is 0.0381. The molecule has 0 radical (unpaired) electrons. The number of esters is 2. The van der Waals surface area contributed by atoms with Gasteiger partial charge < -0.3 is 29.3 Å². The van der Waals surface area contributed by atoms with E-state index in [9.17, 15) is 19.2 Å². The van der Waals surface area contributed by atoms with E-state index < -0.39 is 11.8 Å². The summed E-state index contributed by atoms with van der Waals surface area (Å²) in [6.45, 7) is 6.92. The molecule has 52 heavy (non-hydrogen) atoms. The van der Waals surface area contributed by atoms with Crippen molar-refractivity contribution in [1.29, 1.82) is 0 Å². The van der Waals surface area contributed by atoms with Crippen molar-refractivity contribution in [2.24, 2.45) is 0 Å². The lowest BCUT2D eigenvalue weighted by Crippen LogP contribution is -2.36. The molecule has 0 aliphatic heterocycles. The van der Waals surface area contributed by atoms with E-state index in [0.717, 1.165) is 45.1 Å². The Morgan fingerprint density at radius 1 is 0.500 bits per heavy atom. The molecule has 10 nitrogen and oxygen atoms in total. The second-order valence-electron chi connectivity index (χ2n) is 14.4. The fraction of sp³-hybridized carbons (Fsp3) is 0.857. The van der Waals surface area contributed by atoms with Crippen LogP contribution in [0.5, 0.6) is 0 Å². The Hall–Kier alpha value is -2.46. The lowest BCUT2D eigenvalue weighted by Gasteiger charge is -2.21. The van der Waals surface area contributed by atoms with E-state index in [-0.39, 0.29) is 38.2 Å². The summed E-state index contributed by atoms with van der Waals surface area (Å²) < 4.78 is 16.3. The maximum atomic E-state index is 13.0. The highest BCUT2D eigenvalue weighted by Gasteiger charge is 2.14. The molecule has 0 heterocycles. The number of unbranched alkanes of at least 4 members (excludes halogenated alkanes) is 20. The van der Waals surface area contributed by atoms with E-state index in [0.29, 0.717) is 32.6 Å². The van der Waals surface area contributed by atoms with Gasteiger partial charge in [-0.1, -0.05) is 142 Å². The van der Waals surface area contributed by atoms with Gasteiger partial charge in [-0.3, -0.25) is 19.2 Å². The predicted molar refractivity (Wildman–Crippen MR) is 212 cm³/mol. The van der Waals surface area contributed by atoms with Gasteiger partial charge in [0.1, 0.15) is 13.2 Å². The van der Waals surface area contributed by atoms with Crippen molar-refractivity contribution >= 4 is 23.8 Å². The molecule has 0 saturated heterocycles. The van der Waals surface area contributed by atoms with E-state index in [1.807, 2.05) is 19.0 Å². The molecule has 0 spiro atoms. The maximum absolute atomic E-state index is 13.0. The number of carbonyl (C=O) groups excluding carboxylic acids is 4. The molecular weight excluding hydrogens is 658 g/mol. The molecule has 0 aliphatic carbocycles. The Bertz CT molecular complexity index is 853. The number of nitrogens with one attached hydrogen (secondary N) is 1. The zero-order valence-electron chi connectivity index (χ0n) is 34.0. The van der Waals surface area contributed by atoms with Crippen LogP contribution in [0.25, 0.3) is 0 Å². The second-order valence-corrected chi connectivity index (χ2v) is 14.4. The van der Waals surface area contributed by atoms with Crippen molar-refractivity contribution in [3.8, 4) is 0 Å². The Morgan fingerprint density at radius 3 is 1.31 bits per heavy atom. The van der Waals surface area contributed by atoms with Crippen LogP contribution in [-0.4, -0.2) is 100 Å². The number of hydrogen-bond donors (Lipinski definition) is 1. The lowest BCUT2D eigenvalue weighted by molar-refractivity contribution is -0.146. The first kappa shape index (κ1) is 49.5. The molecule has 0 bridgehead atoms. The van der Waals surface area contributed by atoms with Gasteiger partial charge in [0.15, 0.2) is 0 Å². The average molecular weight is 738 g/mol. The van der Waals surface area contributed by atoms with Crippen molar-refractivity contribution in [2.45, 2.75) is 168 Å². The summed E-state index contributed by atoms with van der Waals surface area (Å²) in [5.41, 5.74) is 0. The minimum absolute atomic E-state index is 0.0413. The molecule has 0 unspecified atom stereocenters. The smallest absolute Gasteiger partial charge is 0.305 e. The fourth-order valence-corrected chi connectivity index (χ4v) is 5.79. The first-order chi connectivity index (χ1) is 25.3. The van der Waals surface area contributed by atoms with E-state index in [2.05, 4.69) is 19.2 Å². The first-order valence-corrected chi connectivity index (χ1v) is 21.1. The molecule has 0 aliphatic rings. The largest absolute Gasteiger partial charge is 0.464 e. The molecule has 0 aromatic carbocycles. The van der Waals surface area contributed by atoms with Gasteiger partial charge in [0.2, 0.25) is 11.8 Å². The molecule has 2 amide bonds. The normalized spacial score (nSPS) is 11.3. The maximum Gasteiger partial charge on any atom is 0.305 e. The van der Waals surface area contributed by atoms with Crippen molar-refractivity contribution in [3.63, 3.8) is 0 Å². The zero-order chi connectivity index (χ0) is 38.3. The molecule has 0 fully saturated rings. The third kappa shape index (κ3) is 35.9. The molecule has 1 N–H and O–H groups in total. The van der Waals surface area contributed by atoms with Crippen LogP contribution >= 0.6 is 0 Å². The van der Waals surface area contributed by atoms with Crippen LogP contribution < -0.4 is 5.32 Å². The summed E-state index contributed by atoms with van der Waals surface area (Å²) in [5, 5.41) is 2.70. The van der Waals surface area contributed by atoms with E-state index in [4.69, 9.17) is 14.2 Å². The summed E-state index contributed by atoms with van der Waals surface area (Å²) in [5.74, 6) is -1.37. The summed E-state index contributed by atoms with van der Waals surface area (Å²) in [4.78, 5) is 53.4. The highest BCUT2D eigenvalue weighted by Crippen LogP contribution is 2.13. The first-order valence-electron chi connectivity index (χ1n) is 21.1. The van der Waals surface area contributed by atoms with Crippen LogP contribution in [-0.2, 0) is 33.4 Å². The standard InChI is InChI=1S/C42H79N3O7/c1-5-7-9-11-13-15-17-19-21-23-25-27-41(48)51-37-33-45(40(47)30-29-39(46)43-31-35-50-36-32-44(3)4)34-38-52-42(49)28-26-24-22-20-18-16-14-12-10-8-6-2/h29-30H,5-28,31-38H2,1-4H3,(H,43,46). The van der Waals surface area contributed by atoms with E-state index in [1.165, 1.54) is 120 Å². The van der Waals surface area contributed by atoms with Gasteiger partial charge in [-0.05, 0) is 26.9 Å². The van der Waals surface area contributed by atoms with Crippen LogP contribution in [0.15, 0.2) is 12.2 Å². The summed E-state index contributed by atoms with van der Waals surface area (Å²) in [6.07, 6.45) is 29.8. The van der Waals surface area contributed by atoms with Crippen LogP contribution in [0.4, 0.5) is 0 Å². The van der Waals surface area contributed by atoms with Crippen molar-refractivity contribution < 1.29 is 33.4 Å². The number of carbonyl (C=O) groups is 4. The molecule has 0 aromatic rings. The van der Waals surface area contributed by atoms with Gasteiger partial charge >= 0.3 is 11.9 Å². The molecule has 304 valence electrons. The number of hydrogen-bond acceptors (Lipinski definition) is 8. The summed E-state index contributed by atoms with van der Waals surface area (Å²) >= 11 is 0. The molecular formula is C42H79N3O7. The third-order valence-electron chi connectivity index (χ3n) is 9.13. The van der Waals surface area contributed by atoms with Crippen LogP contribution in [0.2, 0.25) is 0 Å². The fourth-order valence-electron chi connectivity index (χ4n) is 5.79. The summed E-state index contributed by atoms with van der Waals surface area (Å²) in [6, 6.07) is 0. The van der Waals surface area contributed by atoms with Crippen molar-refractivity contribution in [2.75, 3.05) is 66.7 Å². The van der Waals surface area contributed by atoms with Crippen LogP contribution in [0.3, 0.4) is 0 Å². The Kier molecular flexibility index (Phi) is 36.5. The summed E-state index contributed by atoms with van der Waals surface area (Å²) in [7, 11) is 3.92. The molecule has 0 atom stereocenters. The zero-order valence-corrected chi connectivity index (χ0v) is 34.0. The number of ether oxygens (including phenoxy) is 3. The minimum atomic E-state index is -0.416. The Labute approximate surface area is 318 Å². The predicted octanol–water partition coefficient (Wildman–Crippen LogP) is 8.55. The van der Waals surface area contributed by atoms with Crippen LogP contribution in [0.1, 0.15) is 168 Å². The van der Waals surface area contributed by atoms with E-state index >= 15 is 0 Å². The number of amides is 2. The lowest BCUT2D eigenvalue weighted by atomic mass is 10.1. The second kappa shape index (κ2) is 38.3. The molecule has 10 heteroatoms. The van der Waals surface area contributed by atoms with Gasteiger partial charge in [0.05, 0.1) is 26.3 Å². The SMILES string of the molecule is CCCCCCCCCCCCCC(=O)OCCN(CCOC(=O)CCCCCCCCCCCCC)C(=O)C=CC(=O)NCCOCCN(C)C. The Morgan fingerprint density at radius 2 is 0.904 bits per heavy atom.